The molecule has 234 valence electrons. The lowest BCUT2D eigenvalue weighted by atomic mass is 10.0. The van der Waals surface area contributed by atoms with Gasteiger partial charge in [-0.3, -0.25) is 9.20 Å². The summed E-state index contributed by atoms with van der Waals surface area (Å²) in [6.45, 7) is 8.96. The maximum Gasteiger partial charge on any atom is 0.410 e. The Hall–Kier alpha value is -3.64. The second kappa shape index (κ2) is 12.4. The topological polar surface area (TPSA) is 92.1 Å². The SMILES string of the molecule is CC(C)(C)OC(=O)N1CCC[C@@H]1c1ccc(-c2cn3c(n2)sc2cc(C(=O)NCCCN4CCC(F)CC4)ncc23)c(F)c1. The largest absolute Gasteiger partial charge is 0.444 e. The number of nitrogens with zero attached hydrogens (tertiary/aromatic N) is 5. The fraction of sp³-hybridized carbons (Fsp3) is 0.500. The molecular weight excluding hydrogens is 586 g/mol. The Bertz CT molecular complexity index is 1670. The van der Waals surface area contributed by atoms with Gasteiger partial charge in [0.05, 0.1) is 28.1 Å². The first-order valence-electron chi connectivity index (χ1n) is 15.3. The number of alkyl halides is 1. The van der Waals surface area contributed by atoms with Crippen LogP contribution in [-0.4, -0.2) is 80.7 Å². The van der Waals surface area contributed by atoms with Crippen LogP contribution in [0.5, 0.6) is 0 Å². The normalized spacial score (nSPS) is 18.4. The molecule has 0 spiro atoms. The van der Waals surface area contributed by atoms with E-state index in [1.54, 1.807) is 29.4 Å². The summed E-state index contributed by atoms with van der Waals surface area (Å²) < 4.78 is 37.1. The van der Waals surface area contributed by atoms with Gasteiger partial charge in [-0.1, -0.05) is 17.4 Å². The summed E-state index contributed by atoms with van der Waals surface area (Å²) in [4.78, 5) is 39.1. The van der Waals surface area contributed by atoms with Gasteiger partial charge in [0.25, 0.3) is 5.91 Å². The predicted molar refractivity (Wildman–Crippen MR) is 166 cm³/mol. The standard InChI is InChI=1S/C32H38F2N6O3S/c1-32(2,3)43-31(42)39-13-4-6-26(39)20-7-8-22(23(34)16-20)25-19-40-27-18-36-24(17-28(27)44-30(40)37-25)29(41)35-11-5-12-38-14-9-21(33)10-15-38/h7-8,16-19,21,26H,4-6,9-15H2,1-3H3,(H,35,41)/t26-/m1/s1. The Morgan fingerprint density at radius 2 is 1.93 bits per heavy atom. The van der Waals surface area contributed by atoms with Gasteiger partial charge < -0.3 is 19.9 Å². The zero-order chi connectivity index (χ0) is 31.0. The highest BCUT2D eigenvalue weighted by Crippen LogP contribution is 2.36. The third-order valence-electron chi connectivity index (χ3n) is 8.20. The summed E-state index contributed by atoms with van der Waals surface area (Å²) in [5.41, 5.74) is 2.12. The van der Waals surface area contributed by atoms with Crippen LogP contribution in [0.4, 0.5) is 13.6 Å². The number of halogens is 2. The number of ether oxygens (including phenoxy) is 1. The molecule has 2 aliphatic heterocycles. The Balaban J connectivity index is 1.12. The summed E-state index contributed by atoms with van der Waals surface area (Å²) in [5, 5.41) is 2.93. The van der Waals surface area contributed by atoms with Crippen molar-refractivity contribution in [3.8, 4) is 11.3 Å². The third-order valence-corrected chi connectivity index (χ3v) is 9.22. The minimum Gasteiger partial charge on any atom is -0.444 e. The molecule has 0 radical (unpaired) electrons. The van der Waals surface area contributed by atoms with E-state index in [0.29, 0.717) is 47.8 Å². The summed E-state index contributed by atoms with van der Waals surface area (Å²) >= 11 is 1.41. The van der Waals surface area contributed by atoms with E-state index in [-0.39, 0.29) is 18.0 Å². The summed E-state index contributed by atoms with van der Waals surface area (Å²) in [6, 6.07) is 6.58. The number of hydrogen-bond donors (Lipinski definition) is 1. The number of benzene rings is 1. The molecule has 3 aromatic heterocycles. The Morgan fingerprint density at radius 3 is 2.68 bits per heavy atom. The number of pyridine rings is 1. The van der Waals surface area contributed by atoms with Crippen molar-refractivity contribution in [3.63, 3.8) is 0 Å². The molecule has 2 aliphatic rings. The van der Waals surface area contributed by atoms with E-state index in [4.69, 9.17) is 4.74 Å². The first-order valence-corrected chi connectivity index (χ1v) is 16.1. The highest BCUT2D eigenvalue weighted by molar-refractivity contribution is 7.23. The van der Waals surface area contributed by atoms with E-state index in [2.05, 4.69) is 20.2 Å². The average molecular weight is 625 g/mol. The van der Waals surface area contributed by atoms with Gasteiger partial charge in [-0.15, -0.1) is 0 Å². The third kappa shape index (κ3) is 6.56. The molecule has 2 amide bonds. The monoisotopic (exact) mass is 624 g/mol. The predicted octanol–water partition coefficient (Wildman–Crippen LogP) is 6.38. The molecule has 2 fully saturated rings. The number of hydrogen-bond acceptors (Lipinski definition) is 7. The lowest BCUT2D eigenvalue weighted by Crippen LogP contribution is -2.36. The molecule has 0 bridgehead atoms. The van der Waals surface area contributed by atoms with Gasteiger partial charge >= 0.3 is 6.09 Å². The van der Waals surface area contributed by atoms with Gasteiger partial charge in [-0.05, 0) is 83.2 Å². The van der Waals surface area contributed by atoms with E-state index in [1.165, 1.54) is 17.4 Å². The number of fused-ring (bicyclic) bond motifs is 3. The number of carbonyl (C=O) groups excluding carboxylic acids is 2. The van der Waals surface area contributed by atoms with Crippen LogP contribution < -0.4 is 5.32 Å². The molecule has 1 aromatic carbocycles. The number of nitrogens with one attached hydrogen (secondary N) is 1. The van der Waals surface area contributed by atoms with Crippen LogP contribution in [0.15, 0.2) is 36.7 Å². The van der Waals surface area contributed by atoms with Crippen LogP contribution in [0.2, 0.25) is 0 Å². The fourth-order valence-electron chi connectivity index (χ4n) is 5.97. The number of aromatic nitrogens is 3. The smallest absolute Gasteiger partial charge is 0.410 e. The minimum atomic E-state index is -0.687. The molecule has 9 nitrogen and oxygen atoms in total. The Labute approximate surface area is 259 Å². The van der Waals surface area contributed by atoms with Crippen LogP contribution in [0.3, 0.4) is 0 Å². The number of amides is 2. The maximum atomic E-state index is 15.5. The molecule has 44 heavy (non-hydrogen) atoms. The van der Waals surface area contributed by atoms with E-state index >= 15 is 4.39 Å². The molecule has 0 aliphatic carbocycles. The average Bonchev–Trinajstić information content (AvgIpc) is 3.70. The van der Waals surface area contributed by atoms with Gasteiger partial charge in [0.15, 0.2) is 4.96 Å². The quantitative estimate of drug-likeness (QED) is 0.240. The lowest BCUT2D eigenvalue weighted by Gasteiger charge is -2.29. The number of carbonyl (C=O) groups is 2. The van der Waals surface area contributed by atoms with Crippen molar-refractivity contribution in [1.29, 1.82) is 0 Å². The minimum absolute atomic E-state index is 0.236. The van der Waals surface area contributed by atoms with Crippen molar-refractivity contribution < 1.29 is 23.1 Å². The van der Waals surface area contributed by atoms with Crippen molar-refractivity contribution in [3.05, 3.63) is 53.7 Å². The van der Waals surface area contributed by atoms with Crippen LogP contribution in [0.25, 0.3) is 26.4 Å². The molecule has 1 N–H and O–H groups in total. The van der Waals surface area contributed by atoms with Crippen molar-refractivity contribution in [1.82, 2.24) is 29.5 Å². The molecule has 0 unspecified atom stereocenters. The molecule has 1 atom stereocenters. The van der Waals surface area contributed by atoms with Gasteiger partial charge in [0, 0.05) is 37.9 Å². The lowest BCUT2D eigenvalue weighted by molar-refractivity contribution is 0.0224. The number of imidazole rings is 1. The van der Waals surface area contributed by atoms with E-state index in [1.807, 2.05) is 31.2 Å². The second-order valence-corrected chi connectivity index (χ2v) is 13.6. The molecule has 6 rings (SSSR count). The molecule has 5 heterocycles. The number of piperidine rings is 1. The van der Waals surface area contributed by atoms with Crippen LogP contribution in [-0.2, 0) is 4.74 Å². The number of thiazole rings is 1. The van der Waals surface area contributed by atoms with E-state index < -0.39 is 17.6 Å². The molecule has 0 saturated carbocycles. The van der Waals surface area contributed by atoms with E-state index in [9.17, 15) is 14.0 Å². The van der Waals surface area contributed by atoms with Gasteiger partial charge in [0.1, 0.15) is 23.3 Å². The summed E-state index contributed by atoms with van der Waals surface area (Å²) in [5.74, 6) is -0.645. The zero-order valence-corrected chi connectivity index (χ0v) is 26.1. The van der Waals surface area contributed by atoms with E-state index in [0.717, 1.165) is 54.7 Å². The molecular formula is C32H38F2N6O3S. The Morgan fingerprint density at radius 1 is 1.14 bits per heavy atom. The first-order chi connectivity index (χ1) is 21.1. The first kappa shape index (κ1) is 30.4. The van der Waals surface area contributed by atoms with Crippen molar-refractivity contribution in [2.24, 2.45) is 0 Å². The number of likely N-dealkylation sites (tertiary alicyclic amines) is 2. The second-order valence-electron chi connectivity index (χ2n) is 12.6. The molecule has 4 aromatic rings. The van der Waals surface area contributed by atoms with Gasteiger partial charge in [0.2, 0.25) is 0 Å². The van der Waals surface area contributed by atoms with Crippen LogP contribution in [0.1, 0.15) is 75.0 Å². The maximum absolute atomic E-state index is 15.5. The number of rotatable bonds is 7. The van der Waals surface area contributed by atoms with Crippen molar-refractivity contribution in [2.45, 2.75) is 70.7 Å². The van der Waals surface area contributed by atoms with Crippen LogP contribution in [0, 0.1) is 5.82 Å². The fourth-order valence-corrected chi connectivity index (χ4v) is 6.99. The van der Waals surface area contributed by atoms with Crippen LogP contribution >= 0.6 is 11.3 Å². The van der Waals surface area contributed by atoms with Gasteiger partial charge in [-0.25, -0.2) is 23.5 Å². The molecule has 2 saturated heterocycles. The highest BCUT2D eigenvalue weighted by atomic mass is 32.1. The van der Waals surface area contributed by atoms with Crippen molar-refractivity contribution >= 4 is 38.5 Å². The van der Waals surface area contributed by atoms with Crippen molar-refractivity contribution in [2.75, 3.05) is 32.7 Å². The summed E-state index contributed by atoms with van der Waals surface area (Å²) in [6.07, 6.45) is 5.89. The summed E-state index contributed by atoms with van der Waals surface area (Å²) in [7, 11) is 0. The highest BCUT2D eigenvalue weighted by Gasteiger charge is 2.33. The van der Waals surface area contributed by atoms with Gasteiger partial charge in [-0.2, -0.15) is 0 Å². The zero-order valence-electron chi connectivity index (χ0n) is 25.3. The Kier molecular flexibility index (Phi) is 8.56. The molecule has 12 heteroatoms.